The van der Waals surface area contributed by atoms with E-state index >= 15 is 0 Å². The molecule has 86 valence electrons. The molecule has 2 fully saturated rings. The highest BCUT2D eigenvalue weighted by Crippen LogP contribution is 2.47. The number of nitrogens with two attached hydrogens (primary N) is 1. The Hall–Kier alpha value is -0.610. The Morgan fingerprint density at radius 3 is 2.67 bits per heavy atom. The van der Waals surface area contributed by atoms with Gasteiger partial charge in [-0.2, -0.15) is 0 Å². The molecule has 4 nitrogen and oxygen atoms in total. The summed E-state index contributed by atoms with van der Waals surface area (Å²) in [5.74, 6) is 0.227. The van der Waals surface area contributed by atoms with E-state index in [2.05, 4.69) is 0 Å². The van der Waals surface area contributed by atoms with Crippen LogP contribution in [0.2, 0.25) is 0 Å². The van der Waals surface area contributed by atoms with E-state index in [0.717, 1.165) is 32.2 Å². The fourth-order valence-corrected chi connectivity index (χ4v) is 2.25. The highest BCUT2D eigenvalue weighted by Gasteiger charge is 2.48. The van der Waals surface area contributed by atoms with E-state index in [4.69, 9.17) is 5.73 Å². The summed E-state index contributed by atoms with van der Waals surface area (Å²) in [6.45, 7) is 3.29. The van der Waals surface area contributed by atoms with Crippen molar-refractivity contribution in [2.45, 2.75) is 38.1 Å². The van der Waals surface area contributed by atoms with Gasteiger partial charge in [0.05, 0.1) is 12.1 Å². The molecule has 0 aromatic carbocycles. The number of amides is 1. The summed E-state index contributed by atoms with van der Waals surface area (Å²) in [4.78, 5) is 13.9. The van der Waals surface area contributed by atoms with Gasteiger partial charge in [-0.25, -0.2) is 0 Å². The Labute approximate surface area is 90.4 Å². The number of nitrogens with zero attached hydrogens (tertiary/aromatic N) is 1. The average Bonchev–Trinajstić information content (AvgIpc) is 2.97. The van der Waals surface area contributed by atoms with Crippen molar-refractivity contribution in [2.75, 3.05) is 19.7 Å². The van der Waals surface area contributed by atoms with E-state index in [-0.39, 0.29) is 17.9 Å². The van der Waals surface area contributed by atoms with Gasteiger partial charge in [0.25, 0.3) is 0 Å². The maximum absolute atomic E-state index is 12.1. The number of rotatable bonds is 2. The van der Waals surface area contributed by atoms with E-state index in [1.165, 1.54) is 0 Å². The van der Waals surface area contributed by atoms with Crippen LogP contribution in [0.4, 0.5) is 0 Å². The predicted molar refractivity (Wildman–Crippen MR) is 57.2 cm³/mol. The first-order valence-electron chi connectivity index (χ1n) is 5.68. The van der Waals surface area contributed by atoms with E-state index in [1.807, 2.05) is 11.8 Å². The van der Waals surface area contributed by atoms with Crippen molar-refractivity contribution in [2.24, 2.45) is 11.1 Å². The number of hydrogen-bond acceptors (Lipinski definition) is 3. The molecule has 0 aromatic rings. The summed E-state index contributed by atoms with van der Waals surface area (Å²) in [6.07, 6.45) is 3.71. The molecule has 0 spiro atoms. The number of carbonyl (C=O) groups excluding carboxylic acids is 1. The maximum Gasteiger partial charge on any atom is 0.228 e. The molecule has 3 N–H and O–H groups in total. The zero-order valence-corrected chi connectivity index (χ0v) is 9.33. The first-order valence-corrected chi connectivity index (χ1v) is 5.68. The van der Waals surface area contributed by atoms with Crippen LogP contribution in [0.25, 0.3) is 0 Å². The minimum absolute atomic E-state index is 0.0342. The molecule has 1 heterocycles. The van der Waals surface area contributed by atoms with Crippen LogP contribution in [0.3, 0.4) is 0 Å². The number of hydrogen-bond donors (Lipinski definition) is 2. The van der Waals surface area contributed by atoms with Crippen LogP contribution in [-0.4, -0.2) is 41.1 Å². The lowest BCUT2D eigenvalue weighted by Gasteiger charge is -2.40. The standard InChI is InChI=1S/C11H20N2O2/c1-10(4-5-10)9(15)13-6-2-3-11(12,7-13)8-14/h14H,2-8,12H2,1H3. The van der Waals surface area contributed by atoms with Gasteiger partial charge in [0, 0.05) is 18.5 Å². The summed E-state index contributed by atoms with van der Waals surface area (Å²) >= 11 is 0. The van der Waals surface area contributed by atoms with E-state index in [0.29, 0.717) is 6.54 Å². The van der Waals surface area contributed by atoms with Crippen LogP contribution in [-0.2, 0) is 4.79 Å². The zero-order chi connectivity index (χ0) is 11.1. The second kappa shape index (κ2) is 3.46. The van der Waals surface area contributed by atoms with Gasteiger partial charge in [0.2, 0.25) is 5.91 Å². The van der Waals surface area contributed by atoms with Crippen molar-refractivity contribution in [1.29, 1.82) is 0 Å². The first kappa shape index (κ1) is 10.9. The molecule has 1 atom stereocenters. The molecule has 1 aliphatic heterocycles. The molecule has 1 amide bonds. The molecular formula is C11H20N2O2. The molecule has 0 aromatic heterocycles. The molecule has 1 unspecified atom stereocenters. The average molecular weight is 212 g/mol. The Kier molecular flexibility index (Phi) is 2.51. The van der Waals surface area contributed by atoms with Crippen molar-refractivity contribution < 1.29 is 9.90 Å². The SMILES string of the molecule is CC1(C(=O)N2CCCC(N)(CO)C2)CC1. The Morgan fingerprint density at radius 1 is 1.47 bits per heavy atom. The van der Waals surface area contributed by atoms with Crippen LogP contribution in [0.15, 0.2) is 0 Å². The lowest BCUT2D eigenvalue weighted by atomic mass is 9.90. The third-order valence-corrected chi connectivity index (χ3v) is 3.73. The van der Waals surface area contributed by atoms with Crippen molar-refractivity contribution >= 4 is 5.91 Å². The molecule has 0 bridgehead atoms. The van der Waals surface area contributed by atoms with Crippen LogP contribution >= 0.6 is 0 Å². The number of aliphatic hydroxyl groups is 1. The van der Waals surface area contributed by atoms with Gasteiger partial charge in [-0.1, -0.05) is 6.92 Å². The Morgan fingerprint density at radius 2 is 2.13 bits per heavy atom. The summed E-state index contributed by atoms with van der Waals surface area (Å²) < 4.78 is 0. The zero-order valence-electron chi connectivity index (χ0n) is 9.33. The number of aliphatic hydroxyl groups excluding tert-OH is 1. The van der Waals surface area contributed by atoms with E-state index in [9.17, 15) is 9.90 Å². The van der Waals surface area contributed by atoms with Crippen LogP contribution in [0.5, 0.6) is 0 Å². The van der Waals surface area contributed by atoms with E-state index < -0.39 is 5.54 Å². The molecule has 4 heteroatoms. The predicted octanol–water partition coefficient (Wildman–Crippen LogP) is 0.0987. The normalized spacial score (nSPS) is 33.9. The third-order valence-electron chi connectivity index (χ3n) is 3.73. The Balaban J connectivity index is 2.01. The van der Waals surface area contributed by atoms with Crippen molar-refractivity contribution in [3.63, 3.8) is 0 Å². The minimum Gasteiger partial charge on any atom is -0.394 e. The van der Waals surface area contributed by atoms with Crippen molar-refractivity contribution in [1.82, 2.24) is 4.90 Å². The van der Waals surface area contributed by atoms with Crippen LogP contribution in [0, 0.1) is 5.41 Å². The van der Waals surface area contributed by atoms with E-state index in [1.54, 1.807) is 0 Å². The molecule has 2 rings (SSSR count). The molecule has 1 saturated carbocycles. The molecule has 2 aliphatic rings. The van der Waals surface area contributed by atoms with Gasteiger partial charge in [0.15, 0.2) is 0 Å². The number of piperidine rings is 1. The second-order valence-corrected chi connectivity index (χ2v) is 5.41. The monoisotopic (exact) mass is 212 g/mol. The Bertz CT molecular complexity index is 276. The lowest BCUT2D eigenvalue weighted by molar-refractivity contribution is -0.139. The molecule has 1 saturated heterocycles. The summed E-state index contributed by atoms with van der Waals surface area (Å²) in [5, 5.41) is 9.21. The maximum atomic E-state index is 12.1. The van der Waals surface area contributed by atoms with Crippen molar-refractivity contribution in [3.05, 3.63) is 0 Å². The highest BCUT2D eigenvalue weighted by atomic mass is 16.3. The first-order chi connectivity index (χ1) is 6.99. The molecular weight excluding hydrogens is 192 g/mol. The highest BCUT2D eigenvalue weighted by molar-refractivity contribution is 5.85. The summed E-state index contributed by atoms with van der Waals surface area (Å²) in [5.41, 5.74) is 5.32. The number of likely N-dealkylation sites (tertiary alicyclic amines) is 1. The topological polar surface area (TPSA) is 66.6 Å². The summed E-state index contributed by atoms with van der Waals surface area (Å²) in [6, 6.07) is 0. The van der Waals surface area contributed by atoms with Crippen LogP contribution < -0.4 is 5.73 Å². The fourth-order valence-electron chi connectivity index (χ4n) is 2.25. The molecule has 1 aliphatic carbocycles. The largest absolute Gasteiger partial charge is 0.394 e. The fraction of sp³-hybridized carbons (Fsp3) is 0.909. The van der Waals surface area contributed by atoms with Gasteiger partial charge >= 0.3 is 0 Å². The van der Waals surface area contributed by atoms with Gasteiger partial charge in [-0.15, -0.1) is 0 Å². The van der Waals surface area contributed by atoms with Crippen LogP contribution in [0.1, 0.15) is 32.6 Å². The van der Waals surface area contributed by atoms with Gasteiger partial charge < -0.3 is 15.7 Å². The van der Waals surface area contributed by atoms with Gasteiger partial charge in [0.1, 0.15) is 0 Å². The summed E-state index contributed by atoms with van der Waals surface area (Å²) in [7, 11) is 0. The smallest absolute Gasteiger partial charge is 0.228 e. The quantitative estimate of drug-likeness (QED) is 0.682. The minimum atomic E-state index is -0.570. The second-order valence-electron chi connectivity index (χ2n) is 5.41. The molecule has 0 radical (unpaired) electrons. The lowest BCUT2D eigenvalue weighted by Crippen LogP contribution is -2.58. The van der Waals surface area contributed by atoms with Gasteiger partial charge in [-0.3, -0.25) is 4.79 Å². The number of carbonyl (C=O) groups is 1. The molecule has 15 heavy (non-hydrogen) atoms. The van der Waals surface area contributed by atoms with Gasteiger partial charge in [-0.05, 0) is 25.7 Å². The van der Waals surface area contributed by atoms with Crippen molar-refractivity contribution in [3.8, 4) is 0 Å². The third kappa shape index (κ3) is 2.01.